The predicted octanol–water partition coefficient (Wildman–Crippen LogP) is 0.429. The Hall–Kier alpha value is -0.570. The second-order valence-corrected chi connectivity index (χ2v) is 2.62. The molecule has 1 aliphatic heterocycles. The van der Waals surface area contributed by atoms with Gasteiger partial charge in [-0.05, 0) is 12.8 Å². The molecule has 0 aliphatic carbocycles. The summed E-state index contributed by atoms with van der Waals surface area (Å²) in [7, 11) is 0. The van der Waals surface area contributed by atoms with Gasteiger partial charge in [-0.1, -0.05) is 13.8 Å². The van der Waals surface area contributed by atoms with Crippen LogP contribution in [0.1, 0.15) is 26.7 Å². The average Bonchev–Trinajstić information content (AvgIpc) is 2.62. The molecule has 0 radical (unpaired) electrons. The number of hydrogen-bond acceptors (Lipinski definition) is 2. The highest BCUT2D eigenvalue weighted by atomic mass is 16.6. The summed E-state index contributed by atoms with van der Waals surface area (Å²) in [6.07, 6.45) is 1.65. The summed E-state index contributed by atoms with van der Waals surface area (Å²) >= 11 is 0. The Morgan fingerprint density at radius 1 is 1.70 bits per heavy atom. The van der Waals surface area contributed by atoms with Gasteiger partial charge in [0.15, 0.2) is 5.60 Å². The molecule has 0 saturated carbocycles. The first kappa shape index (κ1) is 7.54. The highest BCUT2D eigenvalue weighted by Gasteiger charge is 2.58. The molecule has 0 aromatic carbocycles. The zero-order chi connectivity index (χ0) is 7.78. The first-order valence-corrected chi connectivity index (χ1v) is 3.65. The maximum Gasteiger partial charge on any atom is 0.252 e. The number of ether oxygens (including phenoxy) is 1. The van der Waals surface area contributed by atoms with E-state index in [1.807, 2.05) is 13.8 Å². The molecule has 0 spiro atoms. The van der Waals surface area contributed by atoms with E-state index < -0.39 is 5.60 Å². The van der Waals surface area contributed by atoms with Crippen LogP contribution in [0.2, 0.25) is 0 Å². The molecule has 10 heavy (non-hydrogen) atoms. The van der Waals surface area contributed by atoms with Crippen LogP contribution in [-0.2, 0) is 9.53 Å². The Labute approximate surface area is 60.5 Å². The maximum absolute atomic E-state index is 10.8. The van der Waals surface area contributed by atoms with Crippen LogP contribution in [-0.4, -0.2) is 17.6 Å². The van der Waals surface area contributed by atoms with Gasteiger partial charge in [0.25, 0.3) is 5.91 Å². The second-order valence-electron chi connectivity index (χ2n) is 2.62. The molecule has 58 valence electrons. The van der Waals surface area contributed by atoms with Crippen LogP contribution in [0, 0.1) is 0 Å². The monoisotopic (exact) mass is 143 g/mol. The van der Waals surface area contributed by atoms with Gasteiger partial charge in [0.05, 0.1) is 6.10 Å². The lowest BCUT2D eigenvalue weighted by Gasteiger charge is -2.02. The molecule has 1 amide bonds. The third-order valence-corrected chi connectivity index (χ3v) is 2.13. The van der Waals surface area contributed by atoms with Gasteiger partial charge in [-0.2, -0.15) is 0 Å². The van der Waals surface area contributed by atoms with Crippen molar-refractivity contribution < 1.29 is 9.53 Å². The minimum atomic E-state index is -0.602. The predicted molar refractivity (Wildman–Crippen MR) is 37.4 cm³/mol. The SMILES string of the molecule is CCC1OC1(CC)C(N)=O. The minimum absolute atomic E-state index is 0.0787. The van der Waals surface area contributed by atoms with Crippen LogP contribution >= 0.6 is 0 Å². The normalized spacial score (nSPS) is 37.6. The lowest BCUT2D eigenvalue weighted by molar-refractivity contribution is -0.123. The largest absolute Gasteiger partial charge is 0.367 e. The molecule has 1 saturated heterocycles. The van der Waals surface area contributed by atoms with Crippen molar-refractivity contribution in [3.63, 3.8) is 0 Å². The fourth-order valence-electron chi connectivity index (χ4n) is 1.33. The van der Waals surface area contributed by atoms with Gasteiger partial charge in [-0.3, -0.25) is 4.79 Å². The van der Waals surface area contributed by atoms with Crippen molar-refractivity contribution in [2.24, 2.45) is 5.73 Å². The zero-order valence-electron chi connectivity index (χ0n) is 6.39. The molecule has 1 fully saturated rings. The lowest BCUT2D eigenvalue weighted by atomic mass is 10.0. The van der Waals surface area contributed by atoms with Crippen LogP contribution in [0.15, 0.2) is 0 Å². The Morgan fingerprint density at radius 2 is 2.30 bits per heavy atom. The molecule has 0 aromatic heterocycles. The summed E-state index contributed by atoms with van der Waals surface area (Å²) in [5.74, 6) is -0.318. The summed E-state index contributed by atoms with van der Waals surface area (Å²) < 4.78 is 5.19. The molecule has 1 heterocycles. The summed E-state index contributed by atoms with van der Waals surface area (Å²) in [4.78, 5) is 10.8. The van der Waals surface area contributed by atoms with Crippen LogP contribution < -0.4 is 5.73 Å². The summed E-state index contributed by atoms with van der Waals surface area (Å²) in [6, 6.07) is 0. The molecule has 1 rings (SSSR count). The van der Waals surface area contributed by atoms with Gasteiger partial charge in [-0.25, -0.2) is 0 Å². The quantitative estimate of drug-likeness (QED) is 0.582. The molecule has 0 aromatic rings. The fraction of sp³-hybridized carbons (Fsp3) is 0.857. The van der Waals surface area contributed by atoms with Crippen LogP contribution in [0.5, 0.6) is 0 Å². The van der Waals surface area contributed by atoms with E-state index in [9.17, 15) is 4.79 Å². The van der Waals surface area contributed by atoms with E-state index in [1.165, 1.54) is 0 Å². The fourth-order valence-corrected chi connectivity index (χ4v) is 1.33. The molecule has 0 bridgehead atoms. The van der Waals surface area contributed by atoms with Gasteiger partial charge >= 0.3 is 0 Å². The van der Waals surface area contributed by atoms with Gasteiger partial charge in [0, 0.05) is 0 Å². The summed E-state index contributed by atoms with van der Waals surface area (Å²) in [6.45, 7) is 3.91. The van der Waals surface area contributed by atoms with E-state index in [-0.39, 0.29) is 12.0 Å². The number of amides is 1. The lowest BCUT2D eigenvalue weighted by Crippen LogP contribution is -2.33. The number of primary amides is 1. The molecular weight excluding hydrogens is 130 g/mol. The highest BCUT2D eigenvalue weighted by Crippen LogP contribution is 2.41. The van der Waals surface area contributed by atoms with E-state index in [2.05, 4.69) is 0 Å². The number of nitrogens with two attached hydrogens (primary N) is 1. The molecular formula is C7H13NO2. The summed E-state index contributed by atoms with van der Waals surface area (Å²) in [5.41, 5.74) is 4.54. The first-order chi connectivity index (χ1) is 4.67. The number of carbonyl (C=O) groups excluding carboxylic acids is 1. The topological polar surface area (TPSA) is 55.6 Å². The average molecular weight is 143 g/mol. The Kier molecular flexibility index (Phi) is 1.68. The number of hydrogen-bond donors (Lipinski definition) is 1. The van der Waals surface area contributed by atoms with Crippen molar-refractivity contribution in [2.45, 2.75) is 38.4 Å². The first-order valence-electron chi connectivity index (χ1n) is 3.65. The molecule has 3 nitrogen and oxygen atoms in total. The Balaban J connectivity index is 2.59. The molecule has 2 atom stereocenters. The van der Waals surface area contributed by atoms with Crippen molar-refractivity contribution in [2.75, 3.05) is 0 Å². The Morgan fingerprint density at radius 3 is 2.40 bits per heavy atom. The third-order valence-electron chi connectivity index (χ3n) is 2.13. The van der Waals surface area contributed by atoms with Crippen molar-refractivity contribution in [1.29, 1.82) is 0 Å². The smallest absolute Gasteiger partial charge is 0.252 e. The van der Waals surface area contributed by atoms with E-state index in [0.717, 1.165) is 6.42 Å². The van der Waals surface area contributed by atoms with Crippen molar-refractivity contribution in [3.8, 4) is 0 Å². The zero-order valence-corrected chi connectivity index (χ0v) is 6.39. The van der Waals surface area contributed by atoms with Gasteiger partial charge in [0.2, 0.25) is 0 Å². The van der Waals surface area contributed by atoms with E-state index in [4.69, 9.17) is 10.5 Å². The van der Waals surface area contributed by atoms with E-state index in [1.54, 1.807) is 0 Å². The van der Waals surface area contributed by atoms with Crippen molar-refractivity contribution in [1.82, 2.24) is 0 Å². The molecule has 2 N–H and O–H groups in total. The molecule has 3 heteroatoms. The van der Waals surface area contributed by atoms with E-state index in [0.29, 0.717) is 6.42 Å². The number of epoxide rings is 1. The van der Waals surface area contributed by atoms with Gasteiger partial charge in [0.1, 0.15) is 0 Å². The van der Waals surface area contributed by atoms with Crippen molar-refractivity contribution >= 4 is 5.91 Å². The number of carbonyl (C=O) groups is 1. The number of rotatable bonds is 3. The van der Waals surface area contributed by atoms with E-state index >= 15 is 0 Å². The van der Waals surface area contributed by atoms with Crippen molar-refractivity contribution in [3.05, 3.63) is 0 Å². The van der Waals surface area contributed by atoms with Crippen LogP contribution in [0.3, 0.4) is 0 Å². The van der Waals surface area contributed by atoms with Crippen LogP contribution in [0.25, 0.3) is 0 Å². The summed E-state index contributed by atoms with van der Waals surface area (Å²) in [5, 5.41) is 0. The third kappa shape index (κ3) is 0.814. The molecule has 1 aliphatic rings. The van der Waals surface area contributed by atoms with Gasteiger partial charge < -0.3 is 10.5 Å². The van der Waals surface area contributed by atoms with Crippen LogP contribution in [0.4, 0.5) is 0 Å². The van der Waals surface area contributed by atoms with Gasteiger partial charge in [-0.15, -0.1) is 0 Å². The highest BCUT2D eigenvalue weighted by molar-refractivity contribution is 5.86. The minimum Gasteiger partial charge on any atom is -0.367 e. The molecule has 2 unspecified atom stereocenters. The standard InChI is InChI=1S/C7H13NO2/c1-3-5-7(4-2,10-5)6(8)9/h5H,3-4H2,1-2H3,(H2,8,9). The Bertz CT molecular complexity index is 158. The maximum atomic E-state index is 10.8. The second kappa shape index (κ2) is 2.23.